The van der Waals surface area contributed by atoms with Crippen LogP contribution >= 0.6 is 11.8 Å². The van der Waals surface area contributed by atoms with Crippen LogP contribution in [0.2, 0.25) is 0 Å². The fraction of sp³-hybridized carbons (Fsp3) is 0.533. The number of carbonyl (C=O) groups excluding carboxylic acids is 1. The van der Waals surface area contributed by atoms with Crippen molar-refractivity contribution in [3.8, 4) is 0 Å². The molecule has 1 rings (SSSR count). The summed E-state index contributed by atoms with van der Waals surface area (Å²) in [6.45, 7) is 5.89. The van der Waals surface area contributed by atoms with E-state index in [1.807, 2.05) is 44.2 Å². The van der Waals surface area contributed by atoms with Crippen LogP contribution in [-0.4, -0.2) is 28.2 Å². The molecule has 106 valence electrons. The van der Waals surface area contributed by atoms with Crippen LogP contribution < -0.4 is 0 Å². The Hall–Kier alpha value is -1.00. The lowest BCUT2D eigenvalue weighted by Crippen LogP contribution is -2.21. The SMILES string of the molecule is CC(CSC(C)C(C)O)C(=O)OCc1ccccc1. The van der Waals surface area contributed by atoms with E-state index in [1.165, 1.54) is 0 Å². The van der Waals surface area contributed by atoms with Crippen molar-refractivity contribution >= 4 is 17.7 Å². The Morgan fingerprint density at radius 1 is 1.26 bits per heavy atom. The van der Waals surface area contributed by atoms with E-state index in [2.05, 4.69) is 0 Å². The molecule has 0 bridgehead atoms. The quantitative estimate of drug-likeness (QED) is 0.781. The second-order valence-electron chi connectivity index (χ2n) is 4.77. The van der Waals surface area contributed by atoms with Gasteiger partial charge in [0.05, 0.1) is 12.0 Å². The van der Waals surface area contributed by atoms with Crippen LogP contribution in [0.15, 0.2) is 30.3 Å². The average molecular weight is 282 g/mol. The number of esters is 1. The molecular formula is C15H22O3S. The molecule has 0 aromatic heterocycles. The molecule has 1 N–H and O–H groups in total. The maximum absolute atomic E-state index is 11.8. The maximum atomic E-state index is 11.8. The second-order valence-corrected chi connectivity index (χ2v) is 6.18. The van der Waals surface area contributed by atoms with Gasteiger partial charge in [0.2, 0.25) is 0 Å². The van der Waals surface area contributed by atoms with Gasteiger partial charge in [-0.05, 0) is 12.5 Å². The lowest BCUT2D eigenvalue weighted by molar-refractivity contribution is -0.148. The van der Waals surface area contributed by atoms with E-state index in [0.717, 1.165) is 5.56 Å². The summed E-state index contributed by atoms with van der Waals surface area (Å²) in [5, 5.41) is 9.52. The van der Waals surface area contributed by atoms with Gasteiger partial charge in [-0.3, -0.25) is 4.79 Å². The van der Waals surface area contributed by atoms with Crippen LogP contribution in [0.4, 0.5) is 0 Å². The summed E-state index contributed by atoms with van der Waals surface area (Å²) in [7, 11) is 0. The Bertz CT molecular complexity index is 378. The Labute approximate surface area is 119 Å². The van der Waals surface area contributed by atoms with Crippen molar-refractivity contribution in [2.75, 3.05) is 5.75 Å². The first-order chi connectivity index (χ1) is 9.00. The number of hydrogen-bond donors (Lipinski definition) is 1. The summed E-state index contributed by atoms with van der Waals surface area (Å²) in [6, 6.07) is 9.64. The van der Waals surface area contributed by atoms with E-state index in [1.54, 1.807) is 18.7 Å². The first-order valence-electron chi connectivity index (χ1n) is 6.51. The van der Waals surface area contributed by atoms with Gasteiger partial charge in [0, 0.05) is 11.0 Å². The van der Waals surface area contributed by atoms with Crippen molar-refractivity contribution < 1.29 is 14.6 Å². The third-order valence-corrected chi connectivity index (χ3v) is 4.53. The van der Waals surface area contributed by atoms with Gasteiger partial charge in [-0.2, -0.15) is 11.8 Å². The molecular weight excluding hydrogens is 260 g/mol. The first kappa shape index (κ1) is 16.1. The molecule has 3 nitrogen and oxygen atoms in total. The van der Waals surface area contributed by atoms with Crippen molar-refractivity contribution in [1.82, 2.24) is 0 Å². The Kier molecular flexibility index (Phi) is 6.95. The van der Waals surface area contributed by atoms with Crippen LogP contribution in [0, 0.1) is 5.92 Å². The monoisotopic (exact) mass is 282 g/mol. The average Bonchev–Trinajstić information content (AvgIpc) is 2.42. The minimum absolute atomic E-state index is 0.129. The summed E-state index contributed by atoms with van der Waals surface area (Å²) in [6.07, 6.45) is -0.363. The van der Waals surface area contributed by atoms with E-state index >= 15 is 0 Å². The third kappa shape index (κ3) is 6.12. The Balaban J connectivity index is 2.29. The zero-order valence-corrected chi connectivity index (χ0v) is 12.5. The summed E-state index contributed by atoms with van der Waals surface area (Å²) < 4.78 is 5.27. The smallest absolute Gasteiger partial charge is 0.309 e. The van der Waals surface area contributed by atoms with Crippen molar-refractivity contribution in [2.45, 2.75) is 38.7 Å². The lowest BCUT2D eigenvalue weighted by atomic mass is 10.2. The van der Waals surface area contributed by atoms with Crippen molar-refractivity contribution in [2.24, 2.45) is 5.92 Å². The highest BCUT2D eigenvalue weighted by Gasteiger charge is 2.17. The van der Waals surface area contributed by atoms with E-state index in [4.69, 9.17) is 4.74 Å². The number of rotatable bonds is 7. The summed E-state index contributed by atoms with van der Waals surface area (Å²) in [5.74, 6) is 0.323. The minimum Gasteiger partial charge on any atom is -0.461 e. The van der Waals surface area contributed by atoms with Crippen LogP contribution in [0.25, 0.3) is 0 Å². The Morgan fingerprint density at radius 2 is 1.89 bits per heavy atom. The number of aliphatic hydroxyl groups is 1. The molecule has 0 saturated carbocycles. The minimum atomic E-state index is -0.363. The van der Waals surface area contributed by atoms with Crippen LogP contribution in [0.1, 0.15) is 26.3 Å². The van der Waals surface area contributed by atoms with Gasteiger partial charge in [0.15, 0.2) is 0 Å². The number of aliphatic hydroxyl groups excluding tert-OH is 1. The number of thioether (sulfide) groups is 1. The molecule has 3 unspecified atom stereocenters. The lowest BCUT2D eigenvalue weighted by Gasteiger charge is -2.16. The summed E-state index contributed by atoms with van der Waals surface area (Å²) in [4.78, 5) is 11.8. The highest BCUT2D eigenvalue weighted by molar-refractivity contribution is 7.99. The zero-order chi connectivity index (χ0) is 14.3. The van der Waals surface area contributed by atoms with Crippen molar-refractivity contribution in [3.63, 3.8) is 0 Å². The molecule has 19 heavy (non-hydrogen) atoms. The van der Waals surface area contributed by atoms with Gasteiger partial charge >= 0.3 is 5.97 Å². The van der Waals surface area contributed by atoms with Crippen LogP contribution in [0.5, 0.6) is 0 Å². The third-order valence-electron chi connectivity index (χ3n) is 2.91. The zero-order valence-electron chi connectivity index (χ0n) is 11.7. The van der Waals surface area contributed by atoms with E-state index in [0.29, 0.717) is 12.4 Å². The molecule has 0 saturated heterocycles. The second kappa shape index (κ2) is 8.23. The molecule has 0 fully saturated rings. The number of hydrogen-bond acceptors (Lipinski definition) is 4. The standard InChI is InChI=1S/C15H22O3S/c1-11(10-19-13(3)12(2)16)15(17)18-9-14-7-5-4-6-8-14/h4-8,11-13,16H,9-10H2,1-3H3. The van der Waals surface area contributed by atoms with E-state index < -0.39 is 0 Å². The van der Waals surface area contributed by atoms with Gasteiger partial charge in [0.1, 0.15) is 6.61 Å². The highest BCUT2D eigenvalue weighted by atomic mass is 32.2. The van der Waals surface area contributed by atoms with Crippen LogP contribution in [-0.2, 0) is 16.1 Å². The largest absolute Gasteiger partial charge is 0.461 e. The van der Waals surface area contributed by atoms with Gasteiger partial charge < -0.3 is 9.84 Å². The molecule has 0 aliphatic rings. The topological polar surface area (TPSA) is 46.5 Å². The molecule has 0 aliphatic heterocycles. The first-order valence-corrected chi connectivity index (χ1v) is 7.55. The number of ether oxygens (including phenoxy) is 1. The van der Waals surface area contributed by atoms with Gasteiger partial charge in [-0.15, -0.1) is 0 Å². The molecule has 0 heterocycles. The molecule has 3 atom stereocenters. The normalized spacial score (nSPS) is 15.6. The fourth-order valence-corrected chi connectivity index (χ4v) is 2.38. The van der Waals surface area contributed by atoms with Crippen molar-refractivity contribution in [1.29, 1.82) is 0 Å². The molecule has 0 amide bonds. The van der Waals surface area contributed by atoms with Crippen molar-refractivity contribution in [3.05, 3.63) is 35.9 Å². The highest BCUT2D eigenvalue weighted by Crippen LogP contribution is 2.18. The van der Waals surface area contributed by atoms with Crippen LogP contribution in [0.3, 0.4) is 0 Å². The van der Waals surface area contributed by atoms with Gasteiger partial charge in [-0.1, -0.05) is 44.2 Å². The number of benzene rings is 1. The molecule has 0 spiro atoms. The summed E-state index contributed by atoms with van der Waals surface area (Å²) in [5.41, 5.74) is 0.994. The van der Waals surface area contributed by atoms with E-state index in [-0.39, 0.29) is 23.2 Å². The molecule has 0 aliphatic carbocycles. The maximum Gasteiger partial charge on any atom is 0.309 e. The predicted octanol–water partition coefficient (Wildman–Crippen LogP) is 2.87. The van der Waals surface area contributed by atoms with Gasteiger partial charge in [-0.25, -0.2) is 0 Å². The molecule has 0 radical (unpaired) electrons. The molecule has 1 aromatic rings. The molecule has 4 heteroatoms. The Morgan fingerprint density at radius 3 is 2.47 bits per heavy atom. The molecule has 1 aromatic carbocycles. The summed E-state index contributed by atoms with van der Waals surface area (Å²) >= 11 is 1.59. The predicted molar refractivity (Wildman–Crippen MR) is 79.0 cm³/mol. The number of carbonyl (C=O) groups is 1. The fourth-order valence-electron chi connectivity index (χ4n) is 1.37. The van der Waals surface area contributed by atoms with Gasteiger partial charge in [0.25, 0.3) is 0 Å². The van der Waals surface area contributed by atoms with E-state index in [9.17, 15) is 9.90 Å².